The average Bonchev–Trinajstić information content (AvgIpc) is 3.88. The third-order valence-corrected chi connectivity index (χ3v) is 16.7. The van der Waals surface area contributed by atoms with Gasteiger partial charge in [0.2, 0.25) is 0 Å². The first kappa shape index (κ1) is 54.6. The van der Waals surface area contributed by atoms with E-state index < -0.39 is 52.1 Å². The van der Waals surface area contributed by atoms with E-state index in [1.165, 1.54) is 68.4 Å². The van der Waals surface area contributed by atoms with Crippen molar-refractivity contribution in [2.24, 2.45) is 11.8 Å². The van der Waals surface area contributed by atoms with Crippen LogP contribution in [0.15, 0.2) is 131 Å². The van der Waals surface area contributed by atoms with Gasteiger partial charge < -0.3 is 23.9 Å². The Kier molecular flexibility index (Phi) is 17.4. The summed E-state index contributed by atoms with van der Waals surface area (Å²) in [6.45, 7) is 7.20. The second-order valence-electron chi connectivity index (χ2n) is 18.6. The zero-order valence-corrected chi connectivity index (χ0v) is 44.5. The molecule has 8 aromatic rings. The summed E-state index contributed by atoms with van der Waals surface area (Å²) < 4.78 is 118. The van der Waals surface area contributed by atoms with E-state index >= 15 is 0 Å². The molecule has 0 aliphatic heterocycles. The third kappa shape index (κ3) is 12.9. The lowest BCUT2D eigenvalue weighted by Gasteiger charge is -2.27. The number of aromatic nitrogens is 4. The Labute approximate surface area is 439 Å². The SMILES string of the molecule is CCOc1ccc(Cc2cc3cc(N(C)S(=O)(=O)c4c(F)cccc4F)cnc3n2CC2CCC2)cc1.CCOc1ccc(Cc2cc3cc(NC)cnc3n2CC2CCC2)cc1.O=S(=O)(Cl)c1c(F)cccc1F. The number of pyridine rings is 2. The summed E-state index contributed by atoms with van der Waals surface area (Å²) in [7, 11) is -0.839. The van der Waals surface area contributed by atoms with E-state index in [-0.39, 0.29) is 5.69 Å². The highest BCUT2D eigenvalue weighted by Crippen LogP contribution is 2.35. The van der Waals surface area contributed by atoms with Crippen molar-refractivity contribution in [3.05, 3.63) is 167 Å². The van der Waals surface area contributed by atoms with Crippen LogP contribution in [0.2, 0.25) is 0 Å². The Hall–Kier alpha value is -6.63. The first-order valence-corrected chi connectivity index (χ1v) is 28.6. The Morgan fingerprint density at radius 1 is 0.627 bits per heavy atom. The van der Waals surface area contributed by atoms with Crippen LogP contribution in [0.3, 0.4) is 0 Å². The third-order valence-electron chi connectivity index (χ3n) is 13.5. The van der Waals surface area contributed by atoms with E-state index in [2.05, 4.69) is 55.8 Å². The van der Waals surface area contributed by atoms with Crippen molar-refractivity contribution in [2.45, 2.75) is 88.1 Å². The van der Waals surface area contributed by atoms with Gasteiger partial charge in [-0.25, -0.2) is 44.4 Å². The van der Waals surface area contributed by atoms with Crippen LogP contribution in [0.1, 0.15) is 74.9 Å². The quantitative estimate of drug-likeness (QED) is 0.0698. The lowest BCUT2D eigenvalue weighted by atomic mass is 9.85. The highest BCUT2D eigenvalue weighted by Gasteiger charge is 2.30. The zero-order chi connectivity index (χ0) is 53.4. The molecule has 4 aromatic heterocycles. The van der Waals surface area contributed by atoms with Crippen LogP contribution >= 0.6 is 10.7 Å². The molecule has 0 unspecified atom stereocenters. The van der Waals surface area contributed by atoms with Crippen molar-refractivity contribution in [3.8, 4) is 11.5 Å². The molecule has 4 heterocycles. The fourth-order valence-corrected chi connectivity index (χ4v) is 11.5. The van der Waals surface area contributed by atoms with Crippen LogP contribution in [0, 0.1) is 35.1 Å². The number of ether oxygens (including phenoxy) is 2. The van der Waals surface area contributed by atoms with Gasteiger partial charge >= 0.3 is 0 Å². The van der Waals surface area contributed by atoms with Crippen molar-refractivity contribution in [3.63, 3.8) is 0 Å². The maximum absolute atomic E-state index is 14.3. The zero-order valence-electron chi connectivity index (χ0n) is 42.1. The monoisotopic (exact) mass is 1090 g/mol. The molecule has 2 saturated carbocycles. The highest BCUT2D eigenvalue weighted by molar-refractivity contribution is 8.13. The smallest absolute Gasteiger partial charge is 0.269 e. The Morgan fingerprint density at radius 3 is 1.44 bits per heavy atom. The van der Waals surface area contributed by atoms with Crippen molar-refractivity contribution >= 4 is 63.2 Å². The molecule has 12 nitrogen and oxygen atoms in total. The van der Waals surface area contributed by atoms with Crippen LogP contribution in [0.5, 0.6) is 11.5 Å². The normalized spacial score (nSPS) is 13.8. The van der Waals surface area contributed by atoms with Gasteiger partial charge in [-0.15, -0.1) is 0 Å². The van der Waals surface area contributed by atoms with Crippen LogP contribution < -0.4 is 19.1 Å². The second kappa shape index (κ2) is 23.9. The van der Waals surface area contributed by atoms with Gasteiger partial charge in [0, 0.05) is 72.9 Å². The summed E-state index contributed by atoms with van der Waals surface area (Å²) in [5.74, 6) is -1.50. The Bertz CT molecular complexity index is 3460. The molecular formula is C56H59ClF4N6O6S2. The number of hydrogen-bond acceptors (Lipinski definition) is 9. The minimum Gasteiger partial charge on any atom is -0.494 e. The molecule has 0 spiro atoms. The number of rotatable bonds is 17. The first-order chi connectivity index (χ1) is 36.0. The summed E-state index contributed by atoms with van der Waals surface area (Å²) >= 11 is 0. The van der Waals surface area contributed by atoms with Gasteiger partial charge in [-0.1, -0.05) is 49.2 Å². The van der Waals surface area contributed by atoms with E-state index in [0.717, 1.165) is 111 Å². The standard InChI is InChI=1S/C28H29F2N3O3S.C22H27N3O.C6H3ClF2O2S/c1-3-36-24-12-10-19(11-13-24)14-22-15-21-16-23(17-31-28(21)33(22)18-20-6-4-7-20)32(2)37(34,35)27-25(29)8-5-9-26(27)30;1-3-26-21-9-7-16(8-10-21)11-20-13-18-12-19(23-2)14-24-22(18)25(20)15-17-5-4-6-17;7-12(10,11)6-4(8)2-1-3-5(6)9/h5,8-13,15-17,20H,3-4,6-7,14,18H2,1-2H3;7-10,12-14,17,23H,3-6,11,15H2,1-2H3;1-3H. The molecule has 0 radical (unpaired) electrons. The van der Waals surface area contributed by atoms with Crippen LogP contribution in [0.25, 0.3) is 22.1 Å². The number of nitrogens with zero attached hydrogens (tertiary/aromatic N) is 5. The first-order valence-electron chi connectivity index (χ1n) is 24.9. The second-order valence-corrected chi connectivity index (χ2v) is 23.0. The van der Waals surface area contributed by atoms with E-state index in [1.54, 1.807) is 6.07 Å². The van der Waals surface area contributed by atoms with Gasteiger partial charge in [-0.3, -0.25) is 4.31 Å². The van der Waals surface area contributed by atoms with Gasteiger partial charge in [0.1, 0.15) is 46.1 Å². The Balaban J connectivity index is 0.000000170. The van der Waals surface area contributed by atoms with Crippen molar-refractivity contribution in [1.82, 2.24) is 19.1 Å². The van der Waals surface area contributed by atoms with Crippen molar-refractivity contribution in [1.29, 1.82) is 0 Å². The topological polar surface area (TPSA) is 138 Å². The van der Waals surface area contributed by atoms with E-state index in [1.807, 2.05) is 57.4 Å². The predicted molar refractivity (Wildman–Crippen MR) is 286 cm³/mol. The van der Waals surface area contributed by atoms with Gasteiger partial charge in [0.15, 0.2) is 9.79 Å². The minimum atomic E-state index is -4.47. The number of sulfonamides is 1. The lowest BCUT2D eigenvalue weighted by molar-refractivity contribution is 0.277. The fourth-order valence-electron chi connectivity index (χ4n) is 9.14. The molecule has 2 aliphatic rings. The molecule has 2 fully saturated rings. The number of anilines is 2. The molecular weight excluding hydrogens is 1030 g/mol. The average molecular weight is 1090 g/mol. The predicted octanol–water partition coefficient (Wildman–Crippen LogP) is 12.7. The molecule has 396 valence electrons. The largest absolute Gasteiger partial charge is 0.494 e. The fraction of sp³-hybridized carbons (Fsp3) is 0.321. The molecule has 0 bridgehead atoms. The Morgan fingerprint density at radius 2 is 1.05 bits per heavy atom. The van der Waals surface area contributed by atoms with E-state index in [4.69, 9.17) is 25.1 Å². The molecule has 75 heavy (non-hydrogen) atoms. The number of halogens is 5. The molecule has 0 amide bonds. The number of benzene rings is 4. The van der Waals surface area contributed by atoms with Crippen LogP contribution in [0.4, 0.5) is 28.9 Å². The molecule has 0 atom stereocenters. The van der Waals surface area contributed by atoms with Gasteiger partial charge in [0.25, 0.3) is 19.1 Å². The van der Waals surface area contributed by atoms with Crippen LogP contribution in [-0.2, 0) is 45.0 Å². The molecule has 10 rings (SSSR count). The summed E-state index contributed by atoms with van der Waals surface area (Å²) in [5, 5.41) is 5.18. The summed E-state index contributed by atoms with van der Waals surface area (Å²) in [5.41, 5.74) is 8.00. The minimum absolute atomic E-state index is 0.226. The van der Waals surface area contributed by atoms with Crippen molar-refractivity contribution in [2.75, 3.05) is 36.9 Å². The molecule has 4 aromatic carbocycles. The molecule has 19 heteroatoms. The van der Waals surface area contributed by atoms with E-state index in [0.29, 0.717) is 25.6 Å². The van der Waals surface area contributed by atoms with Gasteiger partial charge in [0.05, 0.1) is 37.0 Å². The van der Waals surface area contributed by atoms with E-state index in [9.17, 15) is 34.4 Å². The van der Waals surface area contributed by atoms with Crippen LogP contribution in [-0.4, -0.2) is 63.2 Å². The number of fused-ring (bicyclic) bond motifs is 2. The summed E-state index contributed by atoms with van der Waals surface area (Å²) in [6.07, 6.45) is 12.6. The molecule has 0 saturated heterocycles. The van der Waals surface area contributed by atoms with Gasteiger partial charge in [-0.2, -0.15) is 0 Å². The highest BCUT2D eigenvalue weighted by atomic mass is 35.7. The molecule has 1 N–H and O–H groups in total. The molecule has 2 aliphatic carbocycles. The maximum Gasteiger partial charge on any atom is 0.269 e. The number of hydrogen-bond donors (Lipinski definition) is 1. The van der Waals surface area contributed by atoms with Gasteiger partial charge in [-0.05, 0) is 135 Å². The van der Waals surface area contributed by atoms with Crippen molar-refractivity contribution < 1.29 is 43.9 Å². The maximum atomic E-state index is 14.3. The number of nitrogens with one attached hydrogen (secondary N) is 1. The lowest BCUT2D eigenvalue weighted by Crippen LogP contribution is -2.28. The summed E-state index contributed by atoms with van der Waals surface area (Å²) in [6, 6.07) is 30.4. The summed E-state index contributed by atoms with van der Waals surface area (Å²) in [4.78, 5) is 7.28.